The van der Waals surface area contributed by atoms with Gasteiger partial charge in [0.1, 0.15) is 5.92 Å². The average molecular weight is 210 g/mol. The van der Waals surface area contributed by atoms with Crippen molar-refractivity contribution in [2.45, 2.75) is 17.6 Å². The molecule has 1 fully saturated rings. The highest BCUT2D eigenvalue weighted by Gasteiger charge is 2.64. The van der Waals surface area contributed by atoms with Crippen LogP contribution in [0.5, 0.6) is 0 Å². The van der Waals surface area contributed by atoms with E-state index in [0.29, 0.717) is 0 Å². The van der Waals surface area contributed by atoms with Gasteiger partial charge in [0.05, 0.1) is 0 Å². The van der Waals surface area contributed by atoms with Gasteiger partial charge in [0.25, 0.3) is 5.92 Å². The third-order valence-electron chi connectivity index (χ3n) is 1.57. The van der Waals surface area contributed by atoms with Crippen molar-refractivity contribution >= 4 is 11.8 Å². The first-order chi connectivity index (χ1) is 5.26. The lowest BCUT2D eigenvalue weighted by Gasteiger charge is -2.21. The Hall–Kier alpha value is -0.0700. The van der Waals surface area contributed by atoms with E-state index in [0.717, 1.165) is 0 Å². The normalized spacial score (nSPS) is 35.5. The van der Waals surface area contributed by atoms with Gasteiger partial charge in [0.15, 0.2) is 0 Å². The molecule has 0 N–H and O–H groups in total. The van der Waals surface area contributed by atoms with Gasteiger partial charge in [-0.3, -0.25) is 0 Å². The summed E-state index contributed by atoms with van der Waals surface area (Å²) in [7, 11) is 0. The highest BCUT2D eigenvalue weighted by molar-refractivity contribution is 8.00. The van der Waals surface area contributed by atoms with Crippen molar-refractivity contribution in [3.05, 3.63) is 0 Å². The van der Waals surface area contributed by atoms with E-state index in [9.17, 15) is 26.3 Å². The Balaban J connectivity index is 2.82. The molecule has 0 saturated carbocycles. The maximum absolute atomic E-state index is 12.4. The summed E-state index contributed by atoms with van der Waals surface area (Å²) in [5.74, 6) is -8.02. The Labute approximate surface area is 68.3 Å². The molecular formula is C5H4F6S. The molecule has 0 spiro atoms. The van der Waals surface area contributed by atoms with Crippen LogP contribution in [0, 0.1) is 5.92 Å². The molecule has 0 aromatic rings. The van der Waals surface area contributed by atoms with Gasteiger partial charge in [-0.05, 0) is 0 Å². The van der Waals surface area contributed by atoms with E-state index in [1.807, 2.05) is 0 Å². The van der Waals surface area contributed by atoms with E-state index < -0.39 is 29.3 Å². The maximum Gasteiger partial charge on any atom is 0.398 e. The lowest BCUT2D eigenvalue weighted by Crippen LogP contribution is -2.40. The fourth-order valence-corrected chi connectivity index (χ4v) is 2.03. The zero-order valence-corrected chi connectivity index (χ0v) is 6.35. The topological polar surface area (TPSA) is 0 Å². The van der Waals surface area contributed by atoms with Crippen LogP contribution in [-0.2, 0) is 0 Å². The lowest BCUT2D eigenvalue weighted by molar-refractivity contribution is -0.234. The van der Waals surface area contributed by atoms with Crippen molar-refractivity contribution in [3.63, 3.8) is 0 Å². The molecule has 0 bridgehead atoms. The molecule has 1 rings (SSSR count). The zero-order chi connectivity index (χ0) is 9.57. The van der Waals surface area contributed by atoms with Gasteiger partial charge in [0.2, 0.25) is 5.50 Å². The van der Waals surface area contributed by atoms with Crippen LogP contribution in [0.4, 0.5) is 26.3 Å². The molecule has 72 valence electrons. The summed E-state index contributed by atoms with van der Waals surface area (Å²) in [6.45, 7) is 0. The number of rotatable bonds is 0. The van der Waals surface area contributed by atoms with Crippen LogP contribution >= 0.6 is 11.8 Å². The van der Waals surface area contributed by atoms with Crippen LogP contribution in [0.15, 0.2) is 0 Å². The monoisotopic (exact) mass is 210 g/mol. The quantitative estimate of drug-likeness (QED) is 0.554. The molecule has 2 unspecified atom stereocenters. The molecule has 0 amide bonds. The summed E-state index contributed by atoms with van der Waals surface area (Å²) in [6.07, 6.45) is -5.02. The molecule has 0 radical (unpaired) electrons. The average Bonchev–Trinajstić information content (AvgIpc) is 2.06. The Morgan fingerprint density at radius 2 is 1.75 bits per heavy atom. The minimum Gasteiger partial charge on any atom is -0.229 e. The van der Waals surface area contributed by atoms with E-state index in [2.05, 4.69) is 0 Å². The van der Waals surface area contributed by atoms with E-state index in [1.165, 1.54) is 0 Å². The minimum atomic E-state index is -5.02. The van der Waals surface area contributed by atoms with Crippen molar-refractivity contribution in [2.24, 2.45) is 5.92 Å². The van der Waals surface area contributed by atoms with Crippen molar-refractivity contribution in [3.8, 4) is 0 Å². The molecule has 7 heteroatoms. The van der Waals surface area contributed by atoms with Crippen LogP contribution in [0.25, 0.3) is 0 Å². The second-order valence-corrected chi connectivity index (χ2v) is 3.50. The second kappa shape index (κ2) is 2.71. The standard InChI is InChI=1S/C5H4F6S/c6-3-4(7,8)2(1-12-3)5(9,10)11/h2-3H,1H2. The third kappa shape index (κ3) is 1.51. The zero-order valence-electron chi connectivity index (χ0n) is 5.54. The van der Waals surface area contributed by atoms with Crippen LogP contribution < -0.4 is 0 Å². The maximum atomic E-state index is 12.4. The number of hydrogen-bond donors (Lipinski definition) is 0. The van der Waals surface area contributed by atoms with Crippen LogP contribution in [0.2, 0.25) is 0 Å². The van der Waals surface area contributed by atoms with Gasteiger partial charge in [-0.25, -0.2) is 13.2 Å². The van der Waals surface area contributed by atoms with Gasteiger partial charge in [-0.2, -0.15) is 13.2 Å². The largest absolute Gasteiger partial charge is 0.398 e. The Kier molecular flexibility index (Phi) is 2.26. The molecule has 12 heavy (non-hydrogen) atoms. The minimum absolute atomic E-state index is 0.00248. The predicted molar refractivity (Wildman–Crippen MR) is 31.8 cm³/mol. The fraction of sp³-hybridized carbons (Fsp3) is 1.00. The van der Waals surface area contributed by atoms with E-state index in [-0.39, 0.29) is 11.8 Å². The molecule has 1 aliphatic rings. The predicted octanol–water partition coefficient (Wildman–Crippen LogP) is 2.84. The van der Waals surface area contributed by atoms with Crippen LogP contribution in [0.1, 0.15) is 0 Å². The summed E-state index contributed by atoms with van der Waals surface area (Å²) in [4.78, 5) is 0. The molecule has 1 aliphatic heterocycles. The number of thioether (sulfide) groups is 1. The van der Waals surface area contributed by atoms with Gasteiger partial charge < -0.3 is 0 Å². The first-order valence-corrected chi connectivity index (χ1v) is 4.01. The van der Waals surface area contributed by atoms with E-state index >= 15 is 0 Å². The summed E-state index contributed by atoms with van der Waals surface area (Å²) in [5, 5.41) is 0. The Morgan fingerprint density at radius 3 is 1.92 bits per heavy atom. The third-order valence-corrected chi connectivity index (χ3v) is 2.70. The van der Waals surface area contributed by atoms with E-state index in [4.69, 9.17) is 0 Å². The fourth-order valence-electron chi connectivity index (χ4n) is 0.874. The van der Waals surface area contributed by atoms with Gasteiger partial charge in [-0.15, -0.1) is 11.8 Å². The Bertz CT molecular complexity index is 175. The first kappa shape index (κ1) is 10.0. The van der Waals surface area contributed by atoms with Crippen molar-refractivity contribution in [1.29, 1.82) is 0 Å². The first-order valence-electron chi connectivity index (χ1n) is 2.96. The SMILES string of the molecule is FC1SCC(C(F)(F)F)C1(F)F. The molecule has 1 saturated heterocycles. The summed E-state index contributed by atoms with van der Waals surface area (Å²) >= 11 is 0.00248. The smallest absolute Gasteiger partial charge is 0.229 e. The van der Waals surface area contributed by atoms with Crippen molar-refractivity contribution in [1.82, 2.24) is 0 Å². The molecule has 0 aromatic heterocycles. The number of alkyl halides is 6. The molecule has 2 atom stereocenters. The second-order valence-electron chi connectivity index (χ2n) is 2.42. The van der Waals surface area contributed by atoms with E-state index in [1.54, 1.807) is 0 Å². The molecule has 0 aliphatic carbocycles. The summed E-state index contributed by atoms with van der Waals surface area (Å²) in [5.41, 5.74) is -2.73. The highest BCUT2D eigenvalue weighted by atomic mass is 32.2. The van der Waals surface area contributed by atoms with Gasteiger partial charge in [-0.1, -0.05) is 0 Å². The molecular weight excluding hydrogens is 206 g/mol. The van der Waals surface area contributed by atoms with Crippen LogP contribution in [-0.4, -0.2) is 23.4 Å². The van der Waals surface area contributed by atoms with Gasteiger partial charge in [0, 0.05) is 5.75 Å². The van der Waals surface area contributed by atoms with Crippen molar-refractivity contribution in [2.75, 3.05) is 5.75 Å². The molecule has 0 nitrogen and oxygen atoms in total. The summed E-state index contributed by atoms with van der Waals surface area (Å²) < 4.78 is 72.3. The number of halogens is 6. The summed E-state index contributed by atoms with van der Waals surface area (Å²) in [6, 6.07) is 0. The Morgan fingerprint density at radius 1 is 1.25 bits per heavy atom. The lowest BCUT2D eigenvalue weighted by atomic mass is 10.1. The number of hydrogen-bond acceptors (Lipinski definition) is 1. The molecule has 0 aromatic carbocycles. The van der Waals surface area contributed by atoms with Crippen molar-refractivity contribution < 1.29 is 26.3 Å². The van der Waals surface area contributed by atoms with Gasteiger partial charge >= 0.3 is 6.18 Å². The van der Waals surface area contributed by atoms with Crippen LogP contribution in [0.3, 0.4) is 0 Å². The highest BCUT2D eigenvalue weighted by Crippen LogP contribution is 2.51. The molecule has 1 heterocycles.